The maximum atomic E-state index is 12.2. The summed E-state index contributed by atoms with van der Waals surface area (Å²) in [5, 5.41) is 7.51. The number of anilines is 2. The van der Waals surface area contributed by atoms with E-state index in [4.69, 9.17) is 4.74 Å². The highest BCUT2D eigenvalue weighted by Crippen LogP contribution is 2.31. The maximum absolute atomic E-state index is 12.2. The van der Waals surface area contributed by atoms with Gasteiger partial charge in [0.2, 0.25) is 0 Å². The number of aryl methyl sites for hydroxylation is 1. The van der Waals surface area contributed by atoms with Gasteiger partial charge in [0.25, 0.3) is 11.7 Å². The van der Waals surface area contributed by atoms with Crippen LogP contribution in [0.1, 0.15) is 12.1 Å². The highest BCUT2D eigenvalue weighted by Gasteiger charge is 2.24. The van der Waals surface area contributed by atoms with Crippen LogP contribution in [0.3, 0.4) is 0 Å². The van der Waals surface area contributed by atoms with Gasteiger partial charge in [-0.1, -0.05) is 12.1 Å². The van der Waals surface area contributed by atoms with Crippen molar-refractivity contribution in [1.82, 2.24) is 19.6 Å². The number of nitrogens with zero attached hydrogens (tertiary/aromatic N) is 5. The second-order valence-electron chi connectivity index (χ2n) is 5.84. The maximum Gasteiger partial charge on any atom is 0.265 e. The Bertz CT molecular complexity index is 922. The predicted molar refractivity (Wildman–Crippen MR) is 92.9 cm³/mol. The van der Waals surface area contributed by atoms with Gasteiger partial charge in [-0.05, 0) is 25.5 Å². The number of ether oxygens (including phenoxy) is 1. The van der Waals surface area contributed by atoms with Crippen molar-refractivity contribution < 1.29 is 9.53 Å². The topological polar surface area (TPSA) is 84.7 Å². The Balaban J connectivity index is 1.41. The third-order valence-corrected chi connectivity index (χ3v) is 4.05. The van der Waals surface area contributed by atoms with Crippen LogP contribution in [0.25, 0.3) is 5.78 Å². The summed E-state index contributed by atoms with van der Waals surface area (Å²) in [5.41, 5.74) is 1.71. The number of fused-ring (bicyclic) bond motifs is 2. The van der Waals surface area contributed by atoms with E-state index in [1.807, 2.05) is 37.3 Å². The summed E-state index contributed by atoms with van der Waals surface area (Å²) in [6.07, 6.45) is 2.27. The van der Waals surface area contributed by atoms with Crippen molar-refractivity contribution in [3.63, 3.8) is 0 Å². The lowest BCUT2D eigenvalue weighted by molar-refractivity contribution is -0.121. The van der Waals surface area contributed by atoms with Crippen LogP contribution in [0.5, 0.6) is 5.75 Å². The van der Waals surface area contributed by atoms with Gasteiger partial charge in [-0.25, -0.2) is 4.98 Å². The molecule has 0 bridgehead atoms. The number of hydrogen-bond acceptors (Lipinski definition) is 6. The first-order valence-corrected chi connectivity index (χ1v) is 8.16. The average Bonchev–Trinajstić information content (AvgIpc) is 3.08. The van der Waals surface area contributed by atoms with Gasteiger partial charge in [-0.3, -0.25) is 4.79 Å². The lowest BCUT2D eigenvalue weighted by atomic mass is 10.2. The van der Waals surface area contributed by atoms with Gasteiger partial charge in [-0.15, -0.1) is 0 Å². The molecule has 25 heavy (non-hydrogen) atoms. The fraction of sp³-hybridized carbons (Fsp3) is 0.294. The van der Waals surface area contributed by atoms with Crippen molar-refractivity contribution in [2.75, 3.05) is 29.9 Å². The zero-order valence-electron chi connectivity index (χ0n) is 13.8. The van der Waals surface area contributed by atoms with E-state index in [-0.39, 0.29) is 12.5 Å². The van der Waals surface area contributed by atoms with Crippen molar-refractivity contribution in [3.8, 4) is 5.75 Å². The predicted octanol–water partition coefficient (Wildman–Crippen LogP) is 1.66. The molecule has 0 saturated heterocycles. The number of rotatable bonds is 5. The first-order chi connectivity index (χ1) is 12.2. The number of hydrogen-bond donors (Lipinski definition) is 1. The Hall–Kier alpha value is -3.16. The van der Waals surface area contributed by atoms with Crippen LogP contribution in [-0.2, 0) is 4.79 Å². The Morgan fingerprint density at radius 2 is 2.20 bits per heavy atom. The number of amides is 1. The van der Waals surface area contributed by atoms with Gasteiger partial charge in [0.05, 0.1) is 5.69 Å². The van der Waals surface area contributed by atoms with Crippen LogP contribution in [0.2, 0.25) is 0 Å². The molecule has 0 atom stereocenters. The molecule has 8 nitrogen and oxygen atoms in total. The van der Waals surface area contributed by atoms with E-state index in [0.717, 1.165) is 29.4 Å². The number of para-hydroxylation sites is 2. The third-order valence-electron chi connectivity index (χ3n) is 4.05. The van der Waals surface area contributed by atoms with Gasteiger partial charge in [0, 0.05) is 24.8 Å². The van der Waals surface area contributed by atoms with Gasteiger partial charge in [0.1, 0.15) is 17.9 Å². The van der Waals surface area contributed by atoms with Crippen molar-refractivity contribution >= 4 is 23.2 Å². The van der Waals surface area contributed by atoms with Crippen molar-refractivity contribution in [2.45, 2.75) is 13.3 Å². The standard InChI is InChI=1S/C17H18N6O2/c1-12-9-15(23-17(21-12)19-11-20-23)18-7-4-8-22-13-5-2-3-6-14(13)25-10-16(22)24/h2-3,5-6,9,11,18H,4,7-8,10H2,1H3. The van der Waals surface area contributed by atoms with E-state index in [9.17, 15) is 4.79 Å². The average molecular weight is 338 g/mol. The van der Waals surface area contributed by atoms with E-state index in [1.54, 1.807) is 9.42 Å². The molecule has 0 unspecified atom stereocenters. The number of benzene rings is 1. The minimum atomic E-state index is -0.0166. The van der Waals surface area contributed by atoms with Crippen LogP contribution in [0.4, 0.5) is 11.5 Å². The van der Waals surface area contributed by atoms with Crippen LogP contribution in [-0.4, -0.2) is 45.2 Å². The Labute approximate surface area is 144 Å². The first-order valence-electron chi connectivity index (χ1n) is 8.16. The summed E-state index contributed by atoms with van der Waals surface area (Å²) in [5.74, 6) is 2.15. The minimum absolute atomic E-state index is 0.0166. The van der Waals surface area contributed by atoms with Crippen LogP contribution >= 0.6 is 0 Å². The molecule has 0 fully saturated rings. The molecule has 0 aliphatic carbocycles. The highest BCUT2D eigenvalue weighted by atomic mass is 16.5. The molecule has 3 heterocycles. The molecule has 1 aliphatic heterocycles. The monoisotopic (exact) mass is 338 g/mol. The van der Waals surface area contributed by atoms with Crippen molar-refractivity contribution in [3.05, 3.63) is 42.4 Å². The van der Waals surface area contributed by atoms with Gasteiger partial charge in [-0.2, -0.15) is 14.6 Å². The SMILES string of the molecule is Cc1cc(NCCCN2C(=O)COc3ccccc32)n2ncnc2n1. The molecular weight excluding hydrogens is 320 g/mol. The Morgan fingerprint density at radius 1 is 1.32 bits per heavy atom. The molecule has 4 rings (SSSR count). The molecule has 1 aliphatic rings. The zero-order chi connectivity index (χ0) is 17.2. The summed E-state index contributed by atoms with van der Waals surface area (Å²) in [4.78, 5) is 22.4. The Kier molecular flexibility index (Phi) is 3.93. The zero-order valence-corrected chi connectivity index (χ0v) is 13.8. The fourth-order valence-corrected chi connectivity index (χ4v) is 2.91. The van der Waals surface area contributed by atoms with Crippen LogP contribution in [0, 0.1) is 6.92 Å². The molecule has 0 radical (unpaired) electrons. The Morgan fingerprint density at radius 3 is 3.12 bits per heavy atom. The molecule has 3 aromatic rings. The third kappa shape index (κ3) is 2.98. The highest BCUT2D eigenvalue weighted by molar-refractivity contribution is 5.97. The number of aromatic nitrogens is 4. The number of nitrogens with one attached hydrogen (secondary N) is 1. The summed E-state index contributed by atoms with van der Waals surface area (Å²) in [6.45, 7) is 3.33. The molecule has 0 spiro atoms. The van der Waals surface area contributed by atoms with Gasteiger partial charge < -0.3 is 15.0 Å². The molecule has 2 aromatic heterocycles. The van der Waals surface area contributed by atoms with Crippen molar-refractivity contribution in [2.24, 2.45) is 0 Å². The number of carbonyl (C=O) groups excluding carboxylic acids is 1. The van der Waals surface area contributed by atoms with Crippen molar-refractivity contribution in [1.29, 1.82) is 0 Å². The van der Waals surface area contributed by atoms with E-state index in [0.29, 0.717) is 18.9 Å². The molecule has 1 aromatic carbocycles. The lowest BCUT2D eigenvalue weighted by Gasteiger charge is -2.29. The number of carbonyl (C=O) groups is 1. The van der Waals surface area contributed by atoms with Crippen LogP contribution < -0.4 is 15.0 Å². The summed E-state index contributed by atoms with van der Waals surface area (Å²) >= 11 is 0. The molecule has 128 valence electrons. The van der Waals surface area contributed by atoms with E-state index >= 15 is 0 Å². The van der Waals surface area contributed by atoms with E-state index in [1.165, 1.54) is 6.33 Å². The van der Waals surface area contributed by atoms with E-state index in [2.05, 4.69) is 20.4 Å². The van der Waals surface area contributed by atoms with Gasteiger partial charge >= 0.3 is 0 Å². The fourth-order valence-electron chi connectivity index (χ4n) is 2.91. The van der Waals surface area contributed by atoms with Crippen LogP contribution in [0.15, 0.2) is 36.7 Å². The second kappa shape index (κ2) is 6.39. The lowest BCUT2D eigenvalue weighted by Crippen LogP contribution is -2.39. The summed E-state index contributed by atoms with van der Waals surface area (Å²) in [6, 6.07) is 9.53. The molecule has 1 amide bonds. The smallest absolute Gasteiger partial charge is 0.265 e. The molecule has 0 saturated carbocycles. The molecule has 8 heteroatoms. The van der Waals surface area contributed by atoms with Gasteiger partial charge in [0.15, 0.2) is 6.61 Å². The second-order valence-corrected chi connectivity index (χ2v) is 5.84. The summed E-state index contributed by atoms with van der Waals surface area (Å²) < 4.78 is 7.13. The largest absolute Gasteiger partial charge is 0.482 e. The normalized spacial score (nSPS) is 13.6. The van der Waals surface area contributed by atoms with E-state index < -0.39 is 0 Å². The minimum Gasteiger partial charge on any atom is -0.482 e. The molecule has 1 N–H and O–H groups in total. The first kappa shape index (κ1) is 15.4. The summed E-state index contributed by atoms with van der Waals surface area (Å²) in [7, 11) is 0. The molecular formula is C17H18N6O2. The quantitative estimate of drug-likeness (QED) is 0.712.